The molecule has 0 saturated carbocycles. The SMILES string of the molecule is O=C(O)C(Cc1ccccc1)Nc1nccc2scc(Br)c12. The van der Waals surface area contributed by atoms with Crippen LogP contribution in [-0.2, 0) is 11.2 Å². The Morgan fingerprint density at radius 2 is 2.09 bits per heavy atom. The first-order valence-electron chi connectivity index (χ1n) is 6.70. The van der Waals surface area contributed by atoms with Gasteiger partial charge in [-0.1, -0.05) is 30.3 Å². The molecule has 0 aliphatic carbocycles. The van der Waals surface area contributed by atoms with Crippen LogP contribution in [0, 0.1) is 0 Å². The van der Waals surface area contributed by atoms with Crippen LogP contribution in [0.25, 0.3) is 10.1 Å². The number of hydrogen-bond acceptors (Lipinski definition) is 4. The van der Waals surface area contributed by atoms with Gasteiger partial charge >= 0.3 is 5.97 Å². The van der Waals surface area contributed by atoms with Crippen LogP contribution in [0.4, 0.5) is 5.82 Å². The van der Waals surface area contributed by atoms with E-state index in [9.17, 15) is 9.90 Å². The number of carbonyl (C=O) groups is 1. The van der Waals surface area contributed by atoms with Crippen molar-refractivity contribution in [2.24, 2.45) is 0 Å². The molecule has 1 aromatic carbocycles. The third kappa shape index (κ3) is 3.13. The molecule has 1 atom stereocenters. The van der Waals surface area contributed by atoms with Crippen LogP contribution in [0.2, 0.25) is 0 Å². The summed E-state index contributed by atoms with van der Waals surface area (Å²) in [5.74, 6) is -0.303. The Labute approximate surface area is 139 Å². The van der Waals surface area contributed by atoms with Crippen molar-refractivity contribution in [2.45, 2.75) is 12.5 Å². The lowest BCUT2D eigenvalue weighted by Gasteiger charge is -2.16. The first-order valence-corrected chi connectivity index (χ1v) is 8.37. The molecular formula is C16H13BrN2O2S. The highest BCUT2D eigenvalue weighted by molar-refractivity contribution is 9.10. The minimum absolute atomic E-state index is 0.399. The van der Waals surface area contributed by atoms with Gasteiger partial charge in [0.25, 0.3) is 0 Å². The van der Waals surface area contributed by atoms with Crippen LogP contribution >= 0.6 is 27.3 Å². The monoisotopic (exact) mass is 376 g/mol. The van der Waals surface area contributed by atoms with Gasteiger partial charge in [0.15, 0.2) is 0 Å². The third-order valence-electron chi connectivity index (χ3n) is 3.33. The molecule has 0 aliphatic heterocycles. The number of pyridine rings is 1. The highest BCUT2D eigenvalue weighted by atomic mass is 79.9. The zero-order valence-corrected chi connectivity index (χ0v) is 13.9. The van der Waals surface area contributed by atoms with Crippen LogP contribution in [0.3, 0.4) is 0 Å². The zero-order valence-electron chi connectivity index (χ0n) is 11.5. The first-order chi connectivity index (χ1) is 10.6. The van der Waals surface area contributed by atoms with Gasteiger partial charge in [-0.3, -0.25) is 0 Å². The number of aliphatic carboxylic acids is 1. The molecule has 6 heteroatoms. The van der Waals surface area contributed by atoms with Crippen molar-refractivity contribution >= 4 is 49.1 Å². The predicted molar refractivity (Wildman–Crippen MR) is 92.5 cm³/mol. The Hall–Kier alpha value is -1.92. The largest absolute Gasteiger partial charge is 0.480 e. The van der Waals surface area contributed by atoms with Gasteiger partial charge in [-0.15, -0.1) is 11.3 Å². The van der Waals surface area contributed by atoms with Gasteiger partial charge in [-0.25, -0.2) is 9.78 Å². The summed E-state index contributed by atoms with van der Waals surface area (Å²) in [6.45, 7) is 0. The highest BCUT2D eigenvalue weighted by Gasteiger charge is 2.20. The summed E-state index contributed by atoms with van der Waals surface area (Å²) in [6, 6.07) is 10.8. The summed E-state index contributed by atoms with van der Waals surface area (Å²) in [4.78, 5) is 15.9. The maximum absolute atomic E-state index is 11.6. The molecule has 2 aromatic heterocycles. The quantitative estimate of drug-likeness (QED) is 0.701. The van der Waals surface area contributed by atoms with E-state index in [4.69, 9.17) is 0 Å². The average Bonchev–Trinajstić information content (AvgIpc) is 2.90. The molecule has 3 rings (SSSR count). The van der Waals surface area contributed by atoms with Crippen LogP contribution in [-0.4, -0.2) is 22.1 Å². The number of benzene rings is 1. The molecular weight excluding hydrogens is 364 g/mol. The lowest BCUT2D eigenvalue weighted by atomic mass is 10.1. The van der Waals surface area contributed by atoms with E-state index in [0.717, 1.165) is 20.1 Å². The number of carboxylic acids is 1. The number of rotatable bonds is 5. The molecule has 0 fully saturated rings. The third-order valence-corrected chi connectivity index (χ3v) is 5.21. The smallest absolute Gasteiger partial charge is 0.326 e. The number of hydrogen-bond donors (Lipinski definition) is 2. The Balaban J connectivity index is 1.90. The minimum atomic E-state index is -0.894. The molecule has 2 N–H and O–H groups in total. The number of nitrogens with one attached hydrogen (secondary N) is 1. The van der Waals surface area contributed by atoms with E-state index in [1.807, 2.05) is 41.8 Å². The van der Waals surface area contributed by atoms with Gasteiger partial charge in [-0.2, -0.15) is 0 Å². The zero-order chi connectivity index (χ0) is 15.5. The fraction of sp³-hybridized carbons (Fsp3) is 0.125. The van der Waals surface area contributed by atoms with E-state index < -0.39 is 12.0 Å². The number of aromatic nitrogens is 1. The van der Waals surface area contributed by atoms with E-state index in [1.165, 1.54) is 0 Å². The molecule has 0 amide bonds. The summed E-state index contributed by atoms with van der Waals surface area (Å²) >= 11 is 5.09. The van der Waals surface area contributed by atoms with Gasteiger partial charge in [0.1, 0.15) is 11.9 Å². The van der Waals surface area contributed by atoms with Gasteiger partial charge in [0.05, 0.1) is 0 Å². The van der Waals surface area contributed by atoms with Crippen molar-refractivity contribution in [3.05, 3.63) is 58.0 Å². The Morgan fingerprint density at radius 1 is 1.32 bits per heavy atom. The summed E-state index contributed by atoms with van der Waals surface area (Å²) < 4.78 is 1.99. The molecule has 2 heterocycles. The summed E-state index contributed by atoms with van der Waals surface area (Å²) in [5.41, 5.74) is 0.971. The molecule has 0 bridgehead atoms. The van der Waals surface area contributed by atoms with Crippen LogP contribution in [0.5, 0.6) is 0 Å². The molecule has 0 spiro atoms. The molecule has 3 aromatic rings. The molecule has 0 aliphatic rings. The molecule has 1 unspecified atom stereocenters. The lowest BCUT2D eigenvalue weighted by molar-refractivity contribution is -0.137. The second kappa shape index (κ2) is 6.46. The van der Waals surface area contributed by atoms with Gasteiger partial charge in [0.2, 0.25) is 0 Å². The fourth-order valence-electron chi connectivity index (χ4n) is 2.27. The average molecular weight is 377 g/mol. The van der Waals surface area contributed by atoms with Gasteiger partial charge < -0.3 is 10.4 Å². The van der Waals surface area contributed by atoms with E-state index >= 15 is 0 Å². The summed E-state index contributed by atoms with van der Waals surface area (Å²) in [6.07, 6.45) is 2.09. The summed E-state index contributed by atoms with van der Waals surface area (Å²) in [7, 11) is 0. The van der Waals surface area contributed by atoms with Crippen molar-refractivity contribution in [3.8, 4) is 0 Å². The van der Waals surface area contributed by atoms with E-state index in [2.05, 4.69) is 26.2 Å². The lowest BCUT2D eigenvalue weighted by Crippen LogP contribution is -2.31. The van der Waals surface area contributed by atoms with Crippen molar-refractivity contribution in [3.63, 3.8) is 0 Å². The maximum atomic E-state index is 11.6. The standard InChI is InChI=1S/C16H13BrN2O2S/c17-11-9-22-13-6-7-18-15(14(11)13)19-12(16(20)21)8-10-4-2-1-3-5-10/h1-7,9,12H,8H2,(H,18,19)(H,20,21). The van der Waals surface area contributed by atoms with Crippen LogP contribution in [0.1, 0.15) is 5.56 Å². The second-order valence-electron chi connectivity index (χ2n) is 4.84. The minimum Gasteiger partial charge on any atom is -0.480 e. The number of halogens is 1. The molecule has 0 radical (unpaired) electrons. The van der Waals surface area contributed by atoms with Crippen molar-refractivity contribution in [1.29, 1.82) is 0 Å². The second-order valence-corrected chi connectivity index (χ2v) is 6.61. The summed E-state index contributed by atoms with van der Waals surface area (Å²) in [5, 5.41) is 15.5. The number of carboxylic acid groups (broad SMARTS) is 1. The number of fused-ring (bicyclic) bond motifs is 1. The van der Waals surface area contributed by atoms with Crippen molar-refractivity contribution in [2.75, 3.05) is 5.32 Å². The molecule has 22 heavy (non-hydrogen) atoms. The van der Waals surface area contributed by atoms with E-state index in [1.54, 1.807) is 17.5 Å². The van der Waals surface area contributed by atoms with E-state index in [0.29, 0.717) is 12.2 Å². The molecule has 4 nitrogen and oxygen atoms in total. The van der Waals surface area contributed by atoms with Gasteiger partial charge in [-0.05, 0) is 27.6 Å². The van der Waals surface area contributed by atoms with Crippen molar-refractivity contribution < 1.29 is 9.90 Å². The molecule has 112 valence electrons. The normalized spacial score (nSPS) is 12.2. The predicted octanol–water partition coefficient (Wildman–Crippen LogP) is 4.17. The Morgan fingerprint density at radius 3 is 2.82 bits per heavy atom. The van der Waals surface area contributed by atoms with Crippen LogP contribution in [0.15, 0.2) is 52.4 Å². The van der Waals surface area contributed by atoms with Crippen LogP contribution < -0.4 is 5.32 Å². The Kier molecular flexibility index (Phi) is 4.40. The Bertz CT molecular complexity index is 804. The number of nitrogens with zero attached hydrogens (tertiary/aromatic N) is 1. The number of anilines is 1. The highest BCUT2D eigenvalue weighted by Crippen LogP contribution is 2.34. The van der Waals surface area contributed by atoms with Crippen molar-refractivity contribution in [1.82, 2.24) is 4.98 Å². The number of thiophene rings is 1. The molecule has 0 saturated heterocycles. The maximum Gasteiger partial charge on any atom is 0.326 e. The topological polar surface area (TPSA) is 62.2 Å². The fourth-order valence-corrected chi connectivity index (χ4v) is 3.90. The van der Waals surface area contributed by atoms with Gasteiger partial charge in [0, 0.05) is 32.6 Å². The first kappa shape index (κ1) is 15.0. The van der Waals surface area contributed by atoms with E-state index in [-0.39, 0.29) is 0 Å².